The molecule has 0 aliphatic heterocycles. The first-order chi connectivity index (χ1) is 19.7. The molecule has 5 rings (SSSR count). The Morgan fingerprint density at radius 1 is 0.786 bits per heavy atom. The van der Waals surface area contributed by atoms with Crippen molar-refractivity contribution in [2.45, 2.75) is 56.2 Å². The second kappa shape index (κ2) is 10.4. The van der Waals surface area contributed by atoms with E-state index in [1.807, 2.05) is 6.07 Å². The Kier molecular flexibility index (Phi) is 7.18. The van der Waals surface area contributed by atoms with E-state index in [0.29, 0.717) is 22.3 Å². The van der Waals surface area contributed by atoms with Crippen LogP contribution in [0.1, 0.15) is 57.0 Å². The maximum absolute atomic E-state index is 13.2. The monoisotopic (exact) mass is 583 g/mol. The minimum Gasteiger partial charge on any atom is -0.505 e. The summed E-state index contributed by atoms with van der Waals surface area (Å²) in [5.41, 5.74) is 3.06. The third-order valence-electron chi connectivity index (χ3n) is 7.19. The predicted molar refractivity (Wildman–Crippen MR) is 162 cm³/mol. The van der Waals surface area contributed by atoms with Crippen LogP contribution >= 0.6 is 0 Å². The molecule has 8 nitrogen and oxygen atoms in total. The zero-order valence-corrected chi connectivity index (χ0v) is 25.0. The fraction of sp³-hybridized carbons (Fsp3) is 0.242. The van der Waals surface area contributed by atoms with E-state index in [1.54, 1.807) is 66.7 Å². The van der Waals surface area contributed by atoms with Gasteiger partial charge in [0.25, 0.3) is 0 Å². The zero-order valence-electron chi connectivity index (χ0n) is 24.2. The van der Waals surface area contributed by atoms with E-state index in [4.69, 9.17) is 0 Å². The van der Waals surface area contributed by atoms with Gasteiger partial charge in [-0.05, 0) is 83.0 Å². The molecule has 4 aromatic carbocycles. The van der Waals surface area contributed by atoms with Crippen molar-refractivity contribution in [2.24, 2.45) is 5.41 Å². The second-order valence-corrected chi connectivity index (χ2v) is 14.3. The van der Waals surface area contributed by atoms with Crippen molar-refractivity contribution in [3.63, 3.8) is 0 Å². The van der Waals surface area contributed by atoms with Gasteiger partial charge in [-0.1, -0.05) is 65.0 Å². The molecule has 1 aromatic heterocycles. The molecule has 0 saturated carbocycles. The van der Waals surface area contributed by atoms with Crippen molar-refractivity contribution < 1.29 is 23.4 Å². The van der Waals surface area contributed by atoms with Crippen molar-refractivity contribution in [3.8, 4) is 22.6 Å². The van der Waals surface area contributed by atoms with Crippen LogP contribution in [0.15, 0.2) is 94.7 Å². The van der Waals surface area contributed by atoms with Crippen LogP contribution < -0.4 is 0 Å². The fourth-order valence-electron chi connectivity index (χ4n) is 5.59. The number of nitrogens with zero attached hydrogens (tertiary/aromatic N) is 3. The summed E-state index contributed by atoms with van der Waals surface area (Å²) in [4.78, 5) is 13.0. The van der Waals surface area contributed by atoms with Crippen LogP contribution in [-0.4, -0.2) is 39.6 Å². The molecule has 0 spiro atoms. The first kappa shape index (κ1) is 29.0. The highest BCUT2D eigenvalue weighted by Gasteiger charge is 2.32. The molecule has 0 radical (unpaired) electrons. The maximum Gasteiger partial charge on any atom is 0.335 e. The van der Waals surface area contributed by atoms with Gasteiger partial charge in [-0.15, -0.1) is 15.0 Å². The molecular weight excluding hydrogens is 550 g/mol. The smallest absolute Gasteiger partial charge is 0.335 e. The lowest BCUT2D eigenvalue weighted by Gasteiger charge is -2.34. The predicted octanol–water partition coefficient (Wildman–Crippen LogP) is 7.04. The number of aromatic carboxylic acids is 1. The SMILES string of the molecule is CC(C)(C)CC(C)(C)c1cc(-c2ccc(C(=O)O)cc2)cc(-n2nc3ccc(S(=O)(=O)c4ccccc4)cc3n2)c1O. The average molecular weight is 584 g/mol. The summed E-state index contributed by atoms with van der Waals surface area (Å²) in [5.74, 6) is -0.992. The number of carbonyl (C=O) groups is 1. The number of hydrogen-bond acceptors (Lipinski definition) is 6. The number of fused-ring (bicyclic) bond motifs is 1. The quantitative estimate of drug-likeness (QED) is 0.211. The Balaban J connectivity index is 1.67. The van der Waals surface area contributed by atoms with E-state index in [-0.39, 0.29) is 26.5 Å². The first-order valence-corrected chi connectivity index (χ1v) is 15.0. The van der Waals surface area contributed by atoms with Crippen LogP contribution in [0.3, 0.4) is 0 Å². The highest BCUT2D eigenvalue weighted by Crippen LogP contribution is 2.44. The summed E-state index contributed by atoms with van der Waals surface area (Å²) in [6.07, 6.45) is 0.767. The lowest BCUT2D eigenvalue weighted by Crippen LogP contribution is -2.25. The second-order valence-electron chi connectivity index (χ2n) is 12.4. The molecular formula is C33H33N3O5S. The Hall–Kier alpha value is -4.50. The van der Waals surface area contributed by atoms with Gasteiger partial charge < -0.3 is 10.2 Å². The number of hydrogen-bond donors (Lipinski definition) is 2. The van der Waals surface area contributed by atoms with Crippen LogP contribution in [0.5, 0.6) is 5.75 Å². The van der Waals surface area contributed by atoms with Crippen LogP contribution in [-0.2, 0) is 15.3 Å². The number of rotatable bonds is 7. The maximum atomic E-state index is 13.2. The number of aromatic nitrogens is 3. The van der Waals surface area contributed by atoms with Crippen molar-refractivity contribution in [1.29, 1.82) is 0 Å². The van der Waals surface area contributed by atoms with Crippen LogP contribution in [0.2, 0.25) is 0 Å². The summed E-state index contributed by atoms with van der Waals surface area (Å²) >= 11 is 0. The van der Waals surface area contributed by atoms with Crippen LogP contribution in [0.25, 0.3) is 27.8 Å². The number of carboxylic acid groups (broad SMARTS) is 1. The number of phenols is 1. The van der Waals surface area contributed by atoms with E-state index in [0.717, 1.165) is 17.5 Å². The Morgan fingerprint density at radius 2 is 1.43 bits per heavy atom. The normalized spacial score (nSPS) is 12.5. The van der Waals surface area contributed by atoms with Gasteiger partial charge in [-0.2, -0.15) is 0 Å². The molecule has 0 amide bonds. The van der Waals surface area contributed by atoms with E-state index in [2.05, 4.69) is 44.8 Å². The van der Waals surface area contributed by atoms with E-state index < -0.39 is 21.2 Å². The standard InChI is InChI=1S/C33H33N3O5S/c1-32(2,3)20-33(4,5)26-17-23(21-11-13-22(14-12-21)31(38)39)18-29(30(26)37)36-34-27-16-15-25(19-28(27)35-36)42(40,41)24-9-7-6-8-10-24/h6-19,37H,20H2,1-5H3,(H,38,39). The Morgan fingerprint density at radius 3 is 2.05 bits per heavy atom. The van der Waals surface area contributed by atoms with Crippen molar-refractivity contribution in [2.75, 3.05) is 0 Å². The van der Waals surface area contributed by atoms with Crippen LogP contribution in [0, 0.1) is 5.41 Å². The third-order valence-corrected chi connectivity index (χ3v) is 8.95. The van der Waals surface area contributed by atoms with Gasteiger partial charge in [0.05, 0.1) is 15.4 Å². The molecule has 2 N–H and O–H groups in total. The summed E-state index contributed by atoms with van der Waals surface area (Å²) in [6, 6.07) is 23.0. The third kappa shape index (κ3) is 5.65. The number of sulfone groups is 1. The molecule has 42 heavy (non-hydrogen) atoms. The topological polar surface area (TPSA) is 122 Å². The van der Waals surface area contributed by atoms with Gasteiger partial charge in [0.15, 0.2) is 0 Å². The molecule has 0 atom stereocenters. The average Bonchev–Trinajstić information content (AvgIpc) is 3.35. The molecule has 0 fully saturated rings. The van der Waals surface area contributed by atoms with E-state index in [9.17, 15) is 23.4 Å². The lowest BCUT2D eigenvalue weighted by atomic mass is 9.71. The van der Waals surface area contributed by atoms with E-state index >= 15 is 0 Å². The molecule has 0 saturated heterocycles. The Labute approximate surface area is 245 Å². The van der Waals surface area contributed by atoms with Crippen LogP contribution in [0.4, 0.5) is 0 Å². The van der Waals surface area contributed by atoms with Crippen molar-refractivity contribution in [1.82, 2.24) is 15.0 Å². The largest absolute Gasteiger partial charge is 0.505 e. The van der Waals surface area contributed by atoms with Crippen molar-refractivity contribution in [3.05, 3.63) is 96.1 Å². The zero-order chi connectivity index (χ0) is 30.4. The van der Waals surface area contributed by atoms with Gasteiger partial charge in [0.2, 0.25) is 9.84 Å². The summed E-state index contributed by atoms with van der Waals surface area (Å²) in [7, 11) is -3.76. The number of phenolic OH excluding ortho intramolecular Hbond substituents is 1. The van der Waals surface area contributed by atoms with Gasteiger partial charge in [0.1, 0.15) is 22.5 Å². The van der Waals surface area contributed by atoms with Crippen molar-refractivity contribution >= 4 is 26.8 Å². The molecule has 0 bridgehead atoms. The minimum absolute atomic E-state index is 0.0209. The van der Waals surface area contributed by atoms with Gasteiger partial charge >= 0.3 is 5.97 Å². The molecule has 1 heterocycles. The molecule has 216 valence electrons. The van der Waals surface area contributed by atoms with Gasteiger partial charge in [-0.3, -0.25) is 0 Å². The fourth-order valence-corrected chi connectivity index (χ4v) is 6.89. The lowest BCUT2D eigenvalue weighted by molar-refractivity contribution is 0.0697. The molecule has 0 aliphatic rings. The number of carboxylic acids is 1. The Bertz CT molecular complexity index is 1900. The molecule has 0 aliphatic carbocycles. The summed E-state index contributed by atoms with van der Waals surface area (Å²) in [5, 5.41) is 30.2. The number of benzene rings is 4. The highest BCUT2D eigenvalue weighted by atomic mass is 32.2. The first-order valence-electron chi connectivity index (χ1n) is 13.5. The van der Waals surface area contributed by atoms with E-state index in [1.165, 1.54) is 16.9 Å². The molecule has 9 heteroatoms. The summed E-state index contributed by atoms with van der Waals surface area (Å²) in [6.45, 7) is 10.6. The highest BCUT2D eigenvalue weighted by molar-refractivity contribution is 7.91. The van der Waals surface area contributed by atoms with Gasteiger partial charge in [-0.25, -0.2) is 13.2 Å². The number of aromatic hydroxyl groups is 1. The minimum atomic E-state index is -3.76. The molecule has 0 unspecified atom stereocenters. The molecule has 5 aromatic rings. The van der Waals surface area contributed by atoms with Gasteiger partial charge in [0, 0.05) is 5.56 Å². The summed E-state index contributed by atoms with van der Waals surface area (Å²) < 4.78 is 26.4.